The summed E-state index contributed by atoms with van der Waals surface area (Å²) in [4.78, 5) is 2.52. The number of piperidine rings is 1. The average Bonchev–Trinajstić information content (AvgIpc) is 2.29. The summed E-state index contributed by atoms with van der Waals surface area (Å²) in [6.07, 6.45) is 6.24. The molecule has 3 heteroatoms. The largest absolute Gasteiger partial charge is 0.384 e. The second kappa shape index (κ2) is 8.04. The molecule has 1 saturated heterocycles. The predicted octanol–water partition coefficient (Wildman–Crippen LogP) is 1.86. The Morgan fingerprint density at radius 3 is 2.62 bits per heavy atom. The number of likely N-dealkylation sites (tertiary alicyclic amines) is 1. The van der Waals surface area contributed by atoms with E-state index < -0.39 is 0 Å². The Hall–Kier alpha value is -0.120. The fourth-order valence-corrected chi connectivity index (χ4v) is 2.46. The van der Waals surface area contributed by atoms with E-state index in [0.717, 1.165) is 19.1 Å². The lowest BCUT2D eigenvalue weighted by molar-refractivity contribution is 0.0966. The third kappa shape index (κ3) is 5.28. The van der Waals surface area contributed by atoms with Crippen molar-refractivity contribution in [2.75, 3.05) is 33.4 Å². The molecule has 1 fully saturated rings. The Bertz CT molecular complexity index is 167. The lowest BCUT2D eigenvalue weighted by Gasteiger charge is -2.33. The van der Waals surface area contributed by atoms with E-state index in [9.17, 15) is 0 Å². The molecule has 2 N–H and O–H groups in total. The second-order valence-corrected chi connectivity index (χ2v) is 5.10. The molecule has 1 unspecified atom stereocenters. The van der Waals surface area contributed by atoms with E-state index in [1.807, 2.05) is 0 Å². The van der Waals surface area contributed by atoms with Crippen LogP contribution in [0.4, 0.5) is 0 Å². The van der Waals surface area contributed by atoms with E-state index in [1.165, 1.54) is 45.2 Å². The molecule has 0 aromatic carbocycles. The van der Waals surface area contributed by atoms with Gasteiger partial charge in [-0.1, -0.05) is 19.8 Å². The van der Waals surface area contributed by atoms with Crippen molar-refractivity contribution in [1.82, 2.24) is 4.90 Å². The summed E-state index contributed by atoms with van der Waals surface area (Å²) < 4.78 is 5.21. The lowest BCUT2D eigenvalue weighted by Crippen LogP contribution is -2.42. The van der Waals surface area contributed by atoms with Gasteiger partial charge in [0.2, 0.25) is 0 Å². The number of hydrogen-bond donors (Lipinski definition) is 1. The molecule has 3 nitrogen and oxygen atoms in total. The first kappa shape index (κ1) is 13.9. The van der Waals surface area contributed by atoms with Gasteiger partial charge in [0, 0.05) is 26.3 Å². The maximum absolute atomic E-state index is 6.12. The van der Waals surface area contributed by atoms with Crippen molar-refractivity contribution in [3.8, 4) is 0 Å². The van der Waals surface area contributed by atoms with Gasteiger partial charge in [0.1, 0.15) is 0 Å². The van der Waals surface area contributed by atoms with E-state index >= 15 is 0 Å². The van der Waals surface area contributed by atoms with E-state index in [1.54, 1.807) is 7.11 Å². The number of rotatable bonds is 7. The monoisotopic (exact) mass is 228 g/mol. The lowest BCUT2D eigenvalue weighted by atomic mass is 9.97. The van der Waals surface area contributed by atoms with Crippen molar-refractivity contribution >= 4 is 0 Å². The van der Waals surface area contributed by atoms with E-state index in [4.69, 9.17) is 10.5 Å². The molecule has 1 aliphatic heterocycles. The van der Waals surface area contributed by atoms with Crippen molar-refractivity contribution < 1.29 is 4.74 Å². The Morgan fingerprint density at radius 2 is 2.06 bits per heavy atom. The van der Waals surface area contributed by atoms with Crippen LogP contribution in [0.3, 0.4) is 0 Å². The van der Waals surface area contributed by atoms with E-state index in [2.05, 4.69) is 11.8 Å². The van der Waals surface area contributed by atoms with Crippen LogP contribution in [-0.2, 0) is 4.74 Å². The molecule has 0 spiro atoms. The molecule has 1 heterocycles. The SMILES string of the molecule is CCCCC(N)CN1CCC(COC)CC1. The molecule has 0 amide bonds. The third-order valence-corrected chi connectivity index (χ3v) is 3.53. The fourth-order valence-electron chi connectivity index (χ4n) is 2.46. The summed E-state index contributed by atoms with van der Waals surface area (Å²) in [6.45, 7) is 6.64. The Balaban J connectivity index is 2.11. The Morgan fingerprint density at radius 1 is 1.38 bits per heavy atom. The highest BCUT2D eigenvalue weighted by atomic mass is 16.5. The van der Waals surface area contributed by atoms with Crippen molar-refractivity contribution in [2.24, 2.45) is 11.7 Å². The number of unbranched alkanes of at least 4 members (excludes halogenated alkanes) is 1. The van der Waals surface area contributed by atoms with Gasteiger partial charge in [0.25, 0.3) is 0 Å². The molecule has 0 aliphatic carbocycles. The zero-order valence-electron chi connectivity index (χ0n) is 11.0. The fraction of sp³-hybridized carbons (Fsp3) is 1.00. The molecule has 0 bridgehead atoms. The van der Waals surface area contributed by atoms with Gasteiger partial charge in [-0.05, 0) is 38.3 Å². The van der Waals surface area contributed by atoms with Crippen LogP contribution in [0.2, 0.25) is 0 Å². The second-order valence-electron chi connectivity index (χ2n) is 5.10. The van der Waals surface area contributed by atoms with E-state index in [-0.39, 0.29) is 0 Å². The zero-order chi connectivity index (χ0) is 11.8. The van der Waals surface area contributed by atoms with Gasteiger partial charge in [-0.15, -0.1) is 0 Å². The topological polar surface area (TPSA) is 38.5 Å². The van der Waals surface area contributed by atoms with Crippen LogP contribution < -0.4 is 5.73 Å². The first-order chi connectivity index (χ1) is 7.76. The number of ether oxygens (including phenoxy) is 1. The van der Waals surface area contributed by atoms with Crippen LogP contribution in [0.1, 0.15) is 39.0 Å². The molecule has 16 heavy (non-hydrogen) atoms. The smallest absolute Gasteiger partial charge is 0.0491 e. The summed E-state index contributed by atoms with van der Waals surface area (Å²) in [5.74, 6) is 0.771. The van der Waals surface area contributed by atoms with Crippen molar-refractivity contribution in [3.05, 3.63) is 0 Å². The number of nitrogens with zero attached hydrogens (tertiary/aromatic N) is 1. The van der Waals surface area contributed by atoms with Crippen LogP contribution in [0, 0.1) is 5.92 Å². The van der Waals surface area contributed by atoms with Gasteiger partial charge in [0.05, 0.1) is 0 Å². The van der Waals surface area contributed by atoms with Gasteiger partial charge in [-0.3, -0.25) is 0 Å². The van der Waals surface area contributed by atoms with Gasteiger partial charge >= 0.3 is 0 Å². The Kier molecular flexibility index (Phi) is 7.01. The molecule has 0 radical (unpaired) electrons. The maximum Gasteiger partial charge on any atom is 0.0491 e. The summed E-state index contributed by atoms with van der Waals surface area (Å²) >= 11 is 0. The summed E-state index contributed by atoms with van der Waals surface area (Å²) in [5, 5.41) is 0. The molecule has 1 rings (SSSR count). The summed E-state index contributed by atoms with van der Waals surface area (Å²) in [7, 11) is 1.80. The summed E-state index contributed by atoms with van der Waals surface area (Å²) in [5.41, 5.74) is 6.12. The third-order valence-electron chi connectivity index (χ3n) is 3.53. The molecular formula is C13H28N2O. The van der Waals surface area contributed by atoms with Crippen LogP contribution >= 0.6 is 0 Å². The number of methoxy groups -OCH3 is 1. The zero-order valence-corrected chi connectivity index (χ0v) is 11.0. The molecule has 0 aromatic heterocycles. The molecular weight excluding hydrogens is 200 g/mol. The molecule has 1 aliphatic rings. The van der Waals surface area contributed by atoms with Crippen LogP contribution in [0.15, 0.2) is 0 Å². The highest BCUT2D eigenvalue weighted by Gasteiger charge is 2.20. The molecule has 0 aromatic rings. The predicted molar refractivity (Wildman–Crippen MR) is 68.5 cm³/mol. The minimum atomic E-state index is 0.374. The number of nitrogens with two attached hydrogens (primary N) is 1. The minimum Gasteiger partial charge on any atom is -0.384 e. The van der Waals surface area contributed by atoms with Crippen molar-refractivity contribution in [1.29, 1.82) is 0 Å². The van der Waals surface area contributed by atoms with Gasteiger partial charge in [0.15, 0.2) is 0 Å². The highest BCUT2D eigenvalue weighted by Crippen LogP contribution is 2.17. The van der Waals surface area contributed by atoms with Crippen molar-refractivity contribution in [3.63, 3.8) is 0 Å². The van der Waals surface area contributed by atoms with Gasteiger partial charge < -0.3 is 15.4 Å². The standard InChI is InChI=1S/C13H28N2O/c1-3-4-5-13(14)10-15-8-6-12(7-9-15)11-16-2/h12-13H,3-11,14H2,1-2H3. The van der Waals surface area contributed by atoms with Crippen LogP contribution in [0.25, 0.3) is 0 Å². The number of hydrogen-bond acceptors (Lipinski definition) is 3. The first-order valence-electron chi connectivity index (χ1n) is 6.73. The Labute approximate surface area is 100 Å². The van der Waals surface area contributed by atoms with Gasteiger partial charge in [-0.25, -0.2) is 0 Å². The molecule has 1 atom stereocenters. The van der Waals surface area contributed by atoms with Gasteiger partial charge in [-0.2, -0.15) is 0 Å². The molecule has 96 valence electrons. The van der Waals surface area contributed by atoms with E-state index in [0.29, 0.717) is 6.04 Å². The summed E-state index contributed by atoms with van der Waals surface area (Å²) in [6, 6.07) is 0.374. The highest BCUT2D eigenvalue weighted by molar-refractivity contribution is 4.75. The first-order valence-corrected chi connectivity index (χ1v) is 6.73. The van der Waals surface area contributed by atoms with Crippen molar-refractivity contribution in [2.45, 2.75) is 45.1 Å². The average molecular weight is 228 g/mol. The maximum atomic E-state index is 6.12. The normalized spacial score (nSPS) is 21.2. The quantitative estimate of drug-likeness (QED) is 0.723. The molecule has 0 saturated carbocycles. The van der Waals surface area contributed by atoms with Crippen LogP contribution in [0.5, 0.6) is 0 Å². The minimum absolute atomic E-state index is 0.374. The van der Waals surface area contributed by atoms with Crippen LogP contribution in [-0.4, -0.2) is 44.3 Å².